The van der Waals surface area contributed by atoms with Gasteiger partial charge in [0.2, 0.25) is 0 Å². The summed E-state index contributed by atoms with van der Waals surface area (Å²) < 4.78 is 16.5. The zero-order chi connectivity index (χ0) is 41.5. The molecule has 0 radical (unpaired) electrons. The van der Waals surface area contributed by atoms with Gasteiger partial charge < -0.3 is 14.2 Å². The molecule has 0 rings (SSSR count). The second kappa shape index (κ2) is 44.5. The number of hydrogen-bond acceptors (Lipinski definition) is 6. The highest BCUT2D eigenvalue weighted by molar-refractivity contribution is 5.72. The normalized spacial score (nSPS) is 13.2. The van der Waals surface area contributed by atoms with E-state index in [4.69, 9.17) is 14.2 Å². The number of carbonyl (C=O) groups is 3. The van der Waals surface area contributed by atoms with Gasteiger partial charge in [-0.3, -0.25) is 14.4 Å². The van der Waals surface area contributed by atoms with E-state index in [1.165, 1.54) is 12.8 Å². The van der Waals surface area contributed by atoms with Gasteiger partial charge in [-0.2, -0.15) is 0 Å². The van der Waals surface area contributed by atoms with Crippen LogP contribution in [0.2, 0.25) is 0 Å². The highest BCUT2D eigenvalue weighted by atomic mass is 16.6. The molecule has 57 heavy (non-hydrogen) atoms. The van der Waals surface area contributed by atoms with Crippen molar-refractivity contribution in [3.8, 4) is 0 Å². The Labute approximate surface area is 348 Å². The lowest BCUT2D eigenvalue weighted by atomic mass is 10.1. The highest BCUT2D eigenvalue weighted by Crippen LogP contribution is 2.10. The smallest absolute Gasteiger partial charge is 0.309 e. The maximum Gasteiger partial charge on any atom is 0.309 e. The third-order valence-corrected chi connectivity index (χ3v) is 8.49. The van der Waals surface area contributed by atoms with Crippen LogP contribution in [0.25, 0.3) is 0 Å². The second-order valence-electron chi connectivity index (χ2n) is 13.9. The van der Waals surface area contributed by atoms with E-state index in [0.717, 1.165) is 103 Å². The van der Waals surface area contributed by atoms with Gasteiger partial charge in [-0.15, -0.1) is 0 Å². The van der Waals surface area contributed by atoms with Gasteiger partial charge in [-0.25, -0.2) is 0 Å². The third kappa shape index (κ3) is 42.8. The van der Waals surface area contributed by atoms with E-state index >= 15 is 0 Å². The summed E-state index contributed by atoms with van der Waals surface area (Å²) in [5.74, 6) is -1.14. The molecule has 6 heteroatoms. The second-order valence-corrected chi connectivity index (χ2v) is 13.9. The summed E-state index contributed by atoms with van der Waals surface area (Å²) in [6, 6.07) is 0. The van der Waals surface area contributed by atoms with E-state index in [1.807, 2.05) is 6.08 Å². The molecule has 1 atom stereocenters. The molecule has 0 spiro atoms. The Morgan fingerprint density at radius 2 is 0.807 bits per heavy atom. The van der Waals surface area contributed by atoms with Crippen molar-refractivity contribution in [1.82, 2.24) is 0 Å². The van der Waals surface area contributed by atoms with Crippen molar-refractivity contribution >= 4 is 17.9 Å². The lowest BCUT2D eigenvalue weighted by molar-refractivity contribution is -0.166. The zero-order valence-corrected chi connectivity index (χ0v) is 36.0. The summed E-state index contributed by atoms with van der Waals surface area (Å²) in [6.45, 7) is 6.15. The lowest BCUT2D eigenvalue weighted by Crippen LogP contribution is -2.30. The maximum absolute atomic E-state index is 12.7. The zero-order valence-electron chi connectivity index (χ0n) is 36.0. The number of hydrogen-bond donors (Lipinski definition) is 0. The Bertz CT molecular complexity index is 1270. The number of ether oxygens (including phenoxy) is 3. The van der Waals surface area contributed by atoms with Crippen molar-refractivity contribution in [3.63, 3.8) is 0 Å². The molecule has 0 heterocycles. The van der Waals surface area contributed by atoms with E-state index in [1.54, 1.807) is 6.08 Å². The number of carbonyl (C=O) groups excluding carboxylic acids is 3. The largest absolute Gasteiger partial charge is 0.462 e. The Morgan fingerprint density at radius 1 is 0.404 bits per heavy atom. The summed E-state index contributed by atoms with van der Waals surface area (Å²) >= 11 is 0. The fourth-order valence-corrected chi connectivity index (χ4v) is 5.21. The predicted molar refractivity (Wildman–Crippen MR) is 242 cm³/mol. The molecular formula is C51H78O6. The first kappa shape index (κ1) is 52.8. The third-order valence-electron chi connectivity index (χ3n) is 8.49. The topological polar surface area (TPSA) is 78.9 Å². The monoisotopic (exact) mass is 787 g/mol. The van der Waals surface area contributed by atoms with E-state index in [2.05, 4.69) is 130 Å². The van der Waals surface area contributed by atoms with Crippen molar-refractivity contribution in [2.75, 3.05) is 13.2 Å². The van der Waals surface area contributed by atoms with Gasteiger partial charge in [-0.05, 0) is 96.3 Å². The van der Waals surface area contributed by atoms with Crippen molar-refractivity contribution in [2.45, 2.75) is 168 Å². The summed E-state index contributed by atoms with van der Waals surface area (Å²) in [5, 5.41) is 0. The molecule has 0 amide bonds. The van der Waals surface area contributed by atoms with E-state index in [0.29, 0.717) is 12.8 Å². The standard InChI is InChI=1S/C51H78O6/c1-4-7-10-13-16-19-21-22-23-24-25-26-27-28-30-32-35-38-41-44-50(53)56-47-48(46-55-49(52)43-40-37-34-31-18-15-12-9-6-3)57-51(54)45-42-39-36-33-29-20-17-14-11-8-5-2/h7,9-10,12,14,16-20,22-23,25-26,28-31,37,40,48H,4-6,8,11,13,15,21,24,27,32-36,38-39,41-47H2,1-3H3/b10-7-,12-9-,17-14-,19-16-,23-22-,26-25-,29-20-,30-28-,31-18-,40-37-. The molecule has 0 aromatic heterocycles. The first-order valence-corrected chi connectivity index (χ1v) is 22.1. The molecule has 318 valence electrons. The van der Waals surface area contributed by atoms with Crippen LogP contribution in [0.1, 0.15) is 162 Å². The van der Waals surface area contributed by atoms with Crippen molar-refractivity contribution in [3.05, 3.63) is 122 Å². The summed E-state index contributed by atoms with van der Waals surface area (Å²) in [6.07, 6.45) is 60.8. The van der Waals surface area contributed by atoms with Crippen LogP contribution >= 0.6 is 0 Å². The minimum absolute atomic E-state index is 0.118. The summed E-state index contributed by atoms with van der Waals surface area (Å²) in [7, 11) is 0. The lowest BCUT2D eigenvalue weighted by Gasteiger charge is -2.18. The van der Waals surface area contributed by atoms with Gasteiger partial charge >= 0.3 is 17.9 Å². The first-order chi connectivity index (χ1) is 28.0. The molecule has 0 aromatic rings. The van der Waals surface area contributed by atoms with E-state index < -0.39 is 12.1 Å². The fraction of sp³-hybridized carbons (Fsp3) is 0.549. The Hall–Kier alpha value is -4.19. The van der Waals surface area contributed by atoms with Gasteiger partial charge in [0.15, 0.2) is 6.10 Å². The molecule has 0 aliphatic heterocycles. The van der Waals surface area contributed by atoms with Crippen molar-refractivity contribution in [2.24, 2.45) is 0 Å². The SMILES string of the molecule is CC/C=C\C/C=C\C/C=C\C/C=C\C/C=C\CCCCCC(=O)OCC(COC(=O)C/C=C\C/C=C\C/C=C\CC)OC(=O)CCCCC/C=C\C=C/CCCC. The number of allylic oxidation sites excluding steroid dienone is 19. The molecule has 0 saturated heterocycles. The molecule has 0 N–H and O–H groups in total. The minimum Gasteiger partial charge on any atom is -0.462 e. The number of unbranched alkanes of at least 4 members (excludes halogenated alkanes) is 8. The Morgan fingerprint density at radius 3 is 1.30 bits per heavy atom. The van der Waals surface area contributed by atoms with Gasteiger partial charge in [0.05, 0.1) is 6.42 Å². The molecule has 0 aromatic carbocycles. The molecule has 0 aliphatic rings. The Balaban J connectivity index is 4.51. The fourth-order valence-electron chi connectivity index (χ4n) is 5.21. The average Bonchev–Trinajstić information content (AvgIpc) is 3.21. The molecule has 1 unspecified atom stereocenters. The Kier molecular flexibility index (Phi) is 41.3. The number of esters is 3. The molecule has 0 saturated carbocycles. The van der Waals surface area contributed by atoms with Crippen LogP contribution in [0.15, 0.2) is 122 Å². The van der Waals surface area contributed by atoms with Crippen LogP contribution in [-0.2, 0) is 28.6 Å². The molecule has 0 bridgehead atoms. The van der Waals surface area contributed by atoms with Gasteiger partial charge in [0, 0.05) is 12.8 Å². The van der Waals surface area contributed by atoms with E-state index in [9.17, 15) is 14.4 Å². The van der Waals surface area contributed by atoms with Crippen molar-refractivity contribution in [1.29, 1.82) is 0 Å². The number of rotatable bonds is 37. The van der Waals surface area contributed by atoms with Crippen LogP contribution in [0.3, 0.4) is 0 Å². The average molecular weight is 787 g/mol. The van der Waals surface area contributed by atoms with Crippen LogP contribution in [0.4, 0.5) is 0 Å². The van der Waals surface area contributed by atoms with Crippen LogP contribution in [0, 0.1) is 0 Å². The minimum atomic E-state index is -0.841. The highest BCUT2D eigenvalue weighted by Gasteiger charge is 2.19. The van der Waals surface area contributed by atoms with Crippen LogP contribution in [-0.4, -0.2) is 37.2 Å². The summed E-state index contributed by atoms with van der Waals surface area (Å²) in [4.78, 5) is 37.6. The van der Waals surface area contributed by atoms with E-state index in [-0.39, 0.29) is 38.0 Å². The van der Waals surface area contributed by atoms with Crippen molar-refractivity contribution < 1.29 is 28.6 Å². The van der Waals surface area contributed by atoms with Gasteiger partial charge in [-0.1, -0.05) is 168 Å². The molecule has 0 fully saturated rings. The van der Waals surface area contributed by atoms with Crippen LogP contribution in [0.5, 0.6) is 0 Å². The van der Waals surface area contributed by atoms with Gasteiger partial charge in [0.25, 0.3) is 0 Å². The first-order valence-electron chi connectivity index (χ1n) is 22.1. The quantitative estimate of drug-likeness (QED) is 0.0205. The molecular weight excluding hydrogens is 709 g/mol. The predicted octanol–water partition coefficient (Wildman–Crippen LogP) is 14.2. The van der Waals surface area contributed by atoms with Crippen LogP contribution < -0.4 is 0 Å². The maximum atomic E-state index is 12.7. The molecule has 6 nitrogen and oxygen atoms in total. The summed E-state index contributed by atoms with van der Waals surface area (Å²) in [5.41, 5.74) is 0. The van der Waals surface area contributed by atoms with Gasteiger partial charge in [0.1, 0.15) is 13.2 Å². The molecule has 0 aliphatic carbocycles.